The van der Waals surface area contributed by atoms with E-state index in [1.54, 1.807) is 37.4 Å². The van der Waals surface area contributed by atoms with Crippen molar-refractivity contribution in [3.63, 3.8) is 0 Å². The fourth-order valence-electron chi connectivity index (χ4n) is 6.82. The van der Waals surface area contributed by atoms with Gasteiger partial charge in [-0.2, -0.15) is 0 Å². The first-order valence-electron chi connectivity index (χ1n) is 19.1. The minimum atomic E-state index is -3.37. The average molecular weight is 838 g/mol. The Balaban J connectivity index is 0.000000203. The van der Waals surface area contributed by atoms with Gasteiger partial charge in [0.2, 0.25) is 21.6 Å². The number of rotatable bonds is 17. The molecule has 0 bridgehead atoms. The van der Waals surface area contributed by atoms with Gasteiger partial charge in [-0.25, -0.2) is 13.4 Å². The average Bonchev–Trinajstić information content (AvgIpc) is 3.23. The molecule has 1 aromatic heterocycles. The highest BCUT2D eigenvalue weighted by molar-refractivity contribution is 7.92. The van der Waals surface area contributed by atoms with Gasteiger partial charge in [-0.3, -0.25) is 14.3 Å². The van der Waals surface area contributed by atoms with Crippen LogP contribution in [0.3, 0.4) is 0 Å². The summed E-state index contributed by atoms with van der Waals surface area (Å²) in [6.45, 7) is 2.81. The van der Waals surface area contributed by atoms with Crippen LogP contribution in [-0.2, 0) is 10.0 Å². The topological polar surface area (TPSA) is 243 Å². The summed E-state index contributed by atoms with van der Waals surface area (Å²) >= 11 is 0. The van der Waals surface area contributed by atoms with Gasteiger partial charge in [0.1, 0.15) is 17.2 Å². The molecule has 6 aromatic rings. The number of ether oxygens (including phenoxy) is 1. The summed E-state index contributed by atoms with van der Waals surface area (Å²) in [7, 11) is -1.82. The Bertz CT molecular complexity index is 2510. The zero-order valence-electron chi connectivity index (χ0n) is 33.0. The Labute approximate surface area is 346 Å². The van der Waals surface area contributed by atoms with Crippen molar-refractivity contribution in [1.82, 2.24) is 15.6 Å². The number of benzene rings is 5. The van der Waals surface area contributed by atoms with E-state index in [1.807, 2.05) is 48.5 Å². The first-order chi connectivity index (χ1) is 28.9. The van der Waals surface area contributed by atoms with Crippen LogP contribution in [0.25, 0.3) is 21.8 Å². The molecule has 0 amide bonds. The number of aliphatic hydroxyl groups excluding tert-OH is 2. The summed E-state index contributed by atoms with van der Waals surface area (Å²) in [6, 6.07) is 26.7. The number of methoxy groups -OCH3 is 1. The van der Waals surface area contributed by atoms with Crippen molar-refractivity contribution < 1.29 is 43.2 Å². The Morgan fingerprint density at radius 2 is 1.10 bits per heavy atom. The number of phenolic OH excluding ortho intramolecular Hbond substituents is 2. The van der Waals surface area contributed by atoms with Crippen LogP contribution in [0, 0.1) is 0 Å². The van der Waals surface area contributed by atoms with E-state index in [9.17, 15) is 28.2 Å². The third kappa shape index (κ3) is 9.85. The van der Waals surface area contributed by atoms with E-state index in [0.717, 1.165) is 39.4 Å². The molecule has 10 N–H and O–H groups in total. The first-order valence-corrected chi connectivity index (χ1v) is 21.0. The molecule has 314 valence electrons. The molecule has 16 nitrogen and oxygen atoms in total. The number of fused-ring (bicyclic) bond motifs is 4. The number of hydrogen-bond donors (Lipinski definition) is 10. The molecular weight excluding hydrogens is 791 g/mol. The number of carbonyl (C=O) groups is 2. The molecule has 0 saturated carbocycles. The van der Waals surface area contributed by atoms with Crippen molar-refractivity contribution in [3.8, 4) is 17.2 Å². The molecule has 1 heterocycles. The molecule has 60 heavy (non-hydrogen) atoms. The summed E-state index contributed by atoms with van der Waals surface area (Å²) in [5, 5.41) is 56.0. The lowest BCUT2D eigenvalue weighted by Crippen LogP contribution is -2.28. The number of pyridine rings is 1. The first kappa shape index (κ1) is 43.1. The van der Waals surface area contributed by atoms with Gasteiger partial charge in [0.15, 0.2) is 0 Å². The molecule has 5 aromatic carbocycles. The van der Waals surface area contributed by atoms with Gasteiger partial charge in [-0.05, 0) is 48.5 Å². The fourth-order valence-corrected chi connectivity index (χ4v) is 7.38. The molecule has 17 heteroatoms. The van der Waals surface area contributed by atoms with Gasteiger partial charge in [-0.15, -0.1) is 0 Å². The quantitative estimate of drug-likeness (QED) is 0.0348. The number of carbonyl (C=O) groups excluding carboxylic acids is 2. The molecule has 0 saturated heterocycles. The number of sulfonamides is 1. The number of aromatic hydroxyl groups is 2. The molecule has 1 aliphatic carbocycles. The van der Waals surface area contributed by atoms with Gasteiger partial charge >= 0.3 is 0 Å². The van der Waals surface area contributed by atoms with Crippen molar-refractivity contribution >= 4 is 71.8 Å². The zero-order valence-corrected chi connectivity index (χ0v) is 33.8. The van der Waals surface area contributed by atoms with E-state index in [0.29, 0.717) is 62.1 Å². The van der Waals surface area contributed by atoms with E-state index in [1.165, 1.54) is 12.1 Å². The third-order valence-electron chi connectivity index (χ3n) is 9.44. The smallest absolute Gasteiger partial charge is 0.229 e. The van der Waals surface area contributed by atoms with Crippen molar-refractivity contribution in [3.05, 3.63) is 113 Å². The number of hydrogen-bond acceptors (Lipinski definition) is 15. The normalized spacial score (nSPS) is 12.0. The maximum Gasteiger partial charge on any atom is 0.229 e. The van der Waals surface area contributed by atoms with E-state index in [4.69, 9.17) is 19.9 Å². The van der Waals surface area contributed by atoms with E-state index >= 15 is 0 Å². The second-order valence-electron chi connectivity index (χ2n) is 13.7. The molecule has 0 unspecified atom stereocenters. The summed E-state index contributed by atoms with van der Waals surface area (Å²) in [4.78, 5) is 31.5. The van der Waals surface area contributed by atoms with Crippen molar-refractivity contribution in [2.45, 2.75) is 0 Å². The van der Waals surface area contributed by atoms with Crippen molar-refractivity contribution in [2.24, 2.45) is 0 Å². The lowest BCUT2D eigenvalue weighted by Gasteiger charge is -2.25. The van der Waals surface area contributed by atoms with E-state index in [-0.39, 0.29) is 47.0 Å². The van der Waals surface area contributed by atoms with Gasteiger partial charge < -0.3 is 51.7 Å². The van der Waals surface area contributed by atoms with Crippen molar-refractivity contribution in [2.75, 3.05) is 86.5 Å². The van der Waals surface area contributed by atoms with Gasteiger partial charge in [0.25, 0.3) is 0 Å². The Morgan fingerprint density at radius 1 is 0.617 bits per heavy atom. The predicted octanol–water partition coefficient (Wildman–Crippen LogP) is 4.37. The van der Waals surface area contributed by atoms with Crippen LogP contribution in [0.15, 0.2) is 91.0 Å². The zero-order chi connectivity index (χ0) is 42.8. The number of nitrogens with zero attached hydrogens (tertiary/aromatic N) is 1. The van der Waals surface area contributed by atoms with Gasteiger partial charge in [0.05, 0.1) is 76.9 Å². The third-order valence-corrected chi connectivity index (χ3v) is 10.0. The number of nitrogens with one attached hydrogen (secondary N) is 6. The highest BCUT2D eigenvalue weighted by Gasteiger charge is 2.38. The molecule has 0 fully saturated rings. The lowest BCUT2D eigenvalue weighted by molar-refractivity contribution is 0.0975. The Morgan fingerprint density at radius 3 is 1.57 bits per heavy atom. The highest BCUT2D eigenvalue weighted by Crippen LogP contribution is 2.42. The maximum atomic E-state index is 13.4. The standard InChI is InChI=1S/C22H28N4O6.C21H19N3O3S/c27-11-9-23-5-7-25-13-1-2-14(26-8-6-24-10-12-28)18-17(13)21(31)19-15(29)3-4-16(30)20(19)22(18)32;1-27-20-13-14(24-28(2,25)26)11-12-19(20)23-21-15-7-3-5-9-17(15)22-18-10-6-4-8-16(18)21/h1-4,23-30H,5-12H2;3-13,24H,1-2H3,(H,22,23). The van der Waals surface area contributed by atoms with E-state index < -0.39 is 21.6 Å². The Hall–Kier alpha value is -6.50. The predicted molar refractivity (Wildman–Crippen MR) is 234 cm³/mol. The van der Waals surface area contributed by atoms with Gasteiger partial charge in [-0.1, -0.05) is 36.4 Å². The number of aliphatic hydroxyl groups is 2. The van der Waals surface area contributed by atoms with Crippen LogP contribution >= 0.6 is 0 Å². The summed E-state index contributed by atoms with van der Waals surface area (Å²) in [5.74, 6) is -1.33. The molecule has 0 aliphatic heterocycles. The highest BCUT2D eigenvalue weighted by atomic mass is 32.2. The lowest BCUT2D eigenvalue weighted by atomic mass is 9.81. The van der Waals surface area contributed by atoms with Crippen LogP contribution < -0.4 is 36.0 Å². The summed E-state index contributed by atoms with van der Waals surface area (Å²) in [6.07, 6.45) is 1.11. The largest absolute Gasteiger partial charge is 0.507 e. The molecule has 0 atom stereocenters. The number of phenols is 2. The molecule has 7 rings (SSSR count). The van der Waals surface area contributed by atoms with Crippen LogP contribution in [0.2, 0.25) is 0 Å². The number of para-hydroxylation sites is 2. The van der Waals surface area contributed by atoms with Gasteiger partial charge in [0, 0.05) is 67.5 Å². The van der Waals surface area contributed by atoms with Crippen molar-refractivity contribution in [1.29, 1.82) is 0 Å². The van der Waals surface area contributed by atoms with Crippen LogP contribution in [0.5, 0.6) is 17.2 Å². The number of anilines is 5. The maximum absolute atomic E-state index is 13.4. The summed E-state index contributed by atoms with van der Waals surface area (Å²) in [5.41, 5.74) is 4.54. The minimum Gasteiger partial charge on any atom is -0.507 e. The van der Waals surface area contributed by atoms with Crippen LogP contribution in [-0.4, -0.2) is 111 Å². The second-order valence-corrected chi connectivity index (χ2v) is 15.4. The molecule has 1 aliphatic rings. The molecule has 0 radical (unpaired) electrons. The van der Waals surface area contributed by atoms with Crippen LogP contribution in [0.4, 0.5) is 28.4 Å². The van der Waals surface area contributed by atoms with Crippen LogP contribution in [0.1, 0.15) is 31.8 Å². The fraction of sp³-hybridized carbons (Fsp3) is 0.233. The molecular formula is C43H47N7O9S. The Kier molecular flexibility index (Phi) is 14.0. The SMILES string of the molecule is COc1cc(NS(C)(=O)=O)ccc1Nc1c2ccccc2nc2ccccc12.O=C1c2c(O)ccc(O)c2C(=O)c2c(NCCNCCO)ccc(NCCNCCO)c21. The van der Waals surface area contributed by atoms with E-state index in [2.05, 4.69) is 31.3 Å². The molecule has 0 spiro atoms. The monoisotopic (exact) mass is 837 g/mol. The summed E-state index contributed by atoms with van der Waals surface area (Å²) < 4.78 is 30.9. The number of aromatic nitrogens is 1. The minimum absolute atomic E-state index is 0.00939. The number of ketones is 2. The second kappa shape index (κ2) is 19.5.